The van der Waals surface area contributed by atoms with E-state index in [-0.39, 0.29) is 0 Å². The van der Waals surface area contributed by atoms with Crippen LogP contribution in [0.5, 0.6) is 0 Å². The summed E-state index contributed by atoms with van der Waals surface area (Å²) in [5.74, 6) is 0. The summed E-state index contributed by atoms with van der Waals surface area (Å²) in [5, 5.41) is 0. The fraction of sp³-hybridized carbons (Fsp3) is 0.0667. The lowest BCUT2D eigenvalue weighted by atomic mass is 10.1. The largest absolute Gasteiger partial charge is 0.306 e. The zero-order chi connectivity index (χ0) is 13.2. The van der Waals surface area contributed by atoms with Gasteiger partial charge in [-0.15, -0.1) is 0 Å². The Hall–Kier alpha value is -2.71. The summed E-state index contributed by atoms with van der Waals surface area (Å²) in [4.78, 5) is 18.5. The number of hydrogen-bond acceptors (Lipinski definition) is 3. The van der Waals surface area contributed by atoms with E-state index < -0.39 is 0 Å². The molecule has 0 saturated heterocycles. The van der Waals surface area contributed by atoms with Crippen molar-refractivity contribution in [3.63, 3.8) is 0 Å². The summed E-state index contributed by atoms with van der Waals surface area (Å²) in [6.07, 6.45) is 5.48. The molecule has 0 saturated carbocycles. The van der Waals surface area contributed by atoms with E-state index >= 15 is 0 Å². The third-order valence-corrected chi connectivity index (χ3v) is 2.99. The van der Waals surface area contributed by atoms with Crippen molar-refractivity contribution in [1.82, 2.24) is 9.38 Å². The molecule has 0 radical (unpaired) electrons. The maximum Gasteiger partial charge on any atom is 0.240 e. The second-order valence-corrected chi connectivity index (χ2v) is 4.30. The number of hydrogen-bond donors (Lipinski definition) is 0. The average molecular weight is 249 g/mol. The van der Waals surface area contributed by atoms with Gasteiger partial charge in [0.05, 0.1) is 11.4 Å². The molecule has 19 heavy (non-hydrogen) atoms. The molecule has 4 heteroatoms. The van der Waals surface area contributed by atoms with Gasteiger partial charge in [0, 0.05) is 18.0 Å². The van der Waals surface area contributed by atoms with E-state index in [1.165, 1.54) is 0 Å². The number of rotatable bonds is 2. The van der Waals surface area contributed by atoms with Crippen LogP contribution < -0.4 is 0 Å². The molecule has 0 bridgehead atoms. The van der Waals surface area contributed by atoms with Crippen molar-refractivity contribution in [2.45, 2.75) is 6.92 Å². The van der Waals surface area contributed by atoms with Gasteiger partial charge in [0.1, 0.15) is 5.65 Å². The first kappa shape index (κ1) is 11.4. The number of isocyanates is 1. The Morgan fingerprint density at radius 1 is 1.26 bits per heavy atom. The normalized spacial score (nSPS) is 10.4. The average Bonchev–Trinajstić information content (AvgIpc) is 2.85. The van der Waals surface area contributed by atoms with Crippen LogP contribution in [0.4, 0.5) is 5.69 Å². The Labute approximate surface area is 110 Å². The van der Waals surface area contributed by atoms with Gasteiger partial charge in [-0.25, -0.2) is 9.78 Å². The van der Waals surface area contributed by atoms with E-state index in [9.17, 15) is 4.79 Å². The molecule has 4 nitrogen and oxygen atoms in total. The van der Waals surface area contributed by atoms with Crippen LogP contribution in [-0.2, 0) is 4.79 Å². The zero-order valence-corrected chi connectivity index (χ0v) is 10.4. The Kier molecular flexibility index (Phi) is 2.71. The number of pyridine rings is 1. The van der Waals surface area contributed by atoms with Crippen molar-refractivity contribution in [2.75, 3.05) is 0 Å². The van der Waals surface area contributed by atoms with Crippen molar-refractivity contribution in [3.05, 3.63) is 54.4 Å². The van der Waals surface area contributed by atoms with E-state index in [4.69, 9.17) is 0 Å². The second-order valence-electron chi connectivity index (χ2n) is 4.30. The van der Waals surface area contributed by atoms with Crippen molar-refractivity contribution in [1.29, 1.82) is 0 Å². The van der Waals surface area contributed by atoms with Gasteiger partial charge in [-0.3, -0.25) is 0 Å². The Bertz CT molecular complexity index is 798. The highest BCUT2D eigenvalue weighted by Crippen LogP contribution is 2.24. The minimum Gasteiger partial charge on any atom is -0.306 e. The van der Waals surface area contributed by atoms with Gasteiger partial charge < -0.3 is 4.40 Å². The molecular weight excluding hydrogens is 238 g/mol. The van der Waals surface area contributed by atoms with E-state index in [0.717, 1.165) is 22.5 Å². The van der Waals surface area contributed by atoms with Crippen LogP contribution in [0.25, 0.3) is 16.9 Å². The number of fused-ring (bicyclic) bond motifs is 1. The molecule has 92 valence electrons. The summed E-state index contributed by atoms with van der Waals surface area (Å²) in [7, 11) is 0. The van der Waals surface area contributed by atoms with Crippen molar-refractivity contribution in [2.24, 2.45) is 4.99 Å². The summed E-state index contributed by atoms with van der Waals surface area (Å²) in [6.45, 7) is 2.03. The van der Waals surface area contributed by atoms with Gasteiger partial charge in [0.2, 0.25) is 6.08 Å². The number of carbonyl (C=O) groups excluding carboxylic acids is 1. The summed E-state index contributed by atoms with van der Waals surface area (Å²) in [6, 6.07) is 11.4. The number of benzene rings is 1. The molecule has 0 atom stereocenters. The Balaban J connectivity index is 2.16. The summed E-state index contributed by atoms with van der Waals surface area (Å²) < 4.78 is 1.99. The number of nitrogens with zero attached hydrogens (tertiary/aromatic N) is 3. The van der Waals surface area contributed by atoms with Gasteiger partial charge in [0.25, 0.3) is 0 Å². The minimum atomic E-state index is 0.585. The van der Waals surface area contributed by atoms with Gasteiger partial charge in [-0.2, -0.15) is 4.99 Å². The van der Waals surface area contributed by atoms with Crippen LogP contribution in [0.3, 0.4) is 0 Å². The SMILES string of the molecule is Cc1cccn2cc(-c3cccc(N=C=O)c3)nc12. The molecule has 0 aliphatic carbocycles. The van der Waals surface area contributed by atoms with E-state index in [0.29, 0.717) is 5.69 Å². The van der Waals surface area contributed by atoms with Crippen LogP contribution in [0.1, 0.15) is 5.56 Å². The van der Waals surface area contributed by atoms with Crippen LogP contribution in [0.2, 0.25) is 0 Å². The van der Waals surface area contributed by atoms with Crippen LogP contribution >= 0.6 is 0 Å². The second kappa shape index (κ2) is 4.52. The van der Waals surface area contributed by atoms with Crippen LogP contribution in [-0.4, -0.2) is 15.5 Å². The van der Waals surface area contributed by atoms with E-state index in [1.807, 2.05) is 54.0 Å². The fourth-order valence-electron chi connectivity index (χ4n) is 2.08. The maximum atomic E-state index is 10.3. The number of aliphatic imine (C=N–C) groups is 1. The maximum absolute atomic E-state index is 10.3. The summed E-state index contributed by atoms with van der Waals surface area (Å²) in [5.41, 5.74) is 4.43. The third kappa shape index (κ3) is 2.05. The Morgan fingerprint density at radius 2 is 2.16 bits per heavy atom. The topological polar surface area (TPSA) is 46.7 Å². The zero-order valence-electron chi connectivity index (χ0n) is 10.4. The molecule has 2 aromatic heterocycles. The van der Waals surface area contributed by atoms with Gasteiger partial charge in [0.15, 0.2) is 0 Å². The van der Waals surface area contributed by atoms with Crippen molar-refractivity contribution < 1.29 is 4.79 Å². The molecule has 1 aromatic carbocycles. The molecular formula is C15H11N3O. The fourth-order valence-corrected chi connectivity index (χ4v) is 2.08. The molecule has 2 heterocycles. The quantitative estimate of drug-likeness (QED) is 0.517. The van der Waals surface area contributed by atoms with E-state index in [2.05, 4.69) is 9.98 Å². The first-order valence-corrected chi connectivity index (χ1v) is 5.90. The first-order valence-electron chi connectivity index (χ1n) is 5.90. The van der Waals surface area contributed by atoms with Crippen molar-refractivity contribution >= 4 is 17.4 Å². The molecule has 0 aliphatic heterocycles. The van der Waals surface area contributed by atoms with Crippen LogP contribution in [0.15, 0.2) is 53.8 Å². The monoisotopic (exact) mass is 249 g/mol. The lowest BCUT2D eigenvalue weighted by Gasteiger charge is -1.96. The third-order valence-electron chi connectivity index (χ3n) is 2.99. The van der Waals surface area contributed by atoms with E-state index in [1.54, 1.807) is 12.1 Å². The highest BCUT2D eigenvalue weighted by molar-refractivity contribution is 5.67. The lowest BCUT2D eigenvalue weighted by molar-refractivity contribution is 0.565. The molecule has 0 N–H and O–H groups in total. The van der Waals surface area contributed by atoms with Crippen molar-refractivity contribution in [3.8, 4) is 11.3 Å². The van der Waals surface area contributed by atoms with Gasteiger partial charge in [-0.05, 0) is 30.7 Å². The Morgan fingerprint density at radius 3 is 2.95 bits per heavy atom. The molecule has 0 aliphatic rings. The molecule has 0 spiro atoms. The minimum absolute atomic E-state index is 0.585. The molecule has 0 fully saturated rings. The number of aryl methyl sites for hydroxylation is 1. The first-order chi connectivity index (χ1) is 9.28. The van der Waals surface area contributed by atoms with Gasteiger partial charge >= 0.3 is 0 Å². The highest BCUT2D eigenvalue weighted by atomic mass is 16.1. The smallest absolute Gasteiger partial charge is 0.240 e. The summed E-state index contributed by atoms with van der Waals surface area (Å²) >= 11 is 0. The number of imidazole rings is 1. The predicted octanol–water partition coefficient (Wildman–Crippen LogP) is 3.28. The standard InChI is InChI=1S/C15H11N3O/c1-11-4-3-7-18-9-14(17-15(11)18)12-5-2-6-13(8-12)16-10-19/h2-9H,1H3. The molecule has 0 unspecified atom stereocenters. The molecule has 3 aromatic rings. The lowest BCUT2D eigenvalue weighted by Crippen LogP contribution is -1.83. The molecule has 0 amide bonds. The predicted molar refractivity (Wildman–Crippen MR) is 73.1 cm³/mol. The number of aromatic nitrogens is 2. The van der Waals surface area contributed by atoms with Gasteiger partial charge in [-0.1, -0.05) is 18.2 Å². The van der Waals surface area contributed by atoms with Crippen LogP contribution in [0, 0.1) is 6.92 Å². The molecule has 3 rings (SSSR count). The highest BCUT2D eigenvalue weighted by Gasteiger charge is 2.06.